The number of urea groups is 1. The van der Waals surface area contributed by atoms with Gasteiger partial charge in [0.05, 0.1) is 18.4 Å². The van der Waals surface area contributed by atoms with Gasteiger partial charge < -0.3 is 9.47 Å². The van der Waals surface area contributed by atoms with Gasteiger partial charge in [-0.3, -0.25) is 10.2 Å². The number of carbonyl (C=O) groups excluding carboxylic acids is 2. The van der Waals surface area contributed by atoms with Crippen LogP contribution in [0.2, 0.25) is 0 Å². The second-order valence-corrected chi connectivity index (χ2v) is 7.00. The lowest BCUT2D eigenvalue weighted by Crippen LogP contribution is -2.30. The average molecular weight is 404 g/mol. The first-order valence-electron chi connectivity index (χ1n) is 7.92. The maximum Gasteiger partial charge on any atom is 0.338 e. The minimum absolute atomic E-state index is 0.324. The largest absolute Gasteiger partial charge is 0.462 e. The van der Waals surface area contributed by atoms with Gasteiger partial charge in [-0.2, -0.15) is 0 Å². The Morgan fingerprint density at radius 2 is 2.00 bits per heavy atom. The molecular weight excluding hydrogens is 388 g/mol. The highest BCUT2D eigenvalue weighted by atomic mass is 32.1. The summed E-state index contributed by atoms with van der Waals surface area (Å²) in [5.74, 6) is 0.167. The second-order valence-electron chi connectivity index (χ2n) is 5.14. The molecule has 0 unspecified atom stereocenters. The van der Waals surface area contributed by atoms with Crippen molar-refractivity contribution in [2.24, 2.45) is 0 Å². The van der Waals surface area contributed by atoms with Crippen LogP contribution in [0, 0.1) is 0 Å². The number of thiazole rings is 2. The molecule has 0 atom stereocenters. The van der Waals surface area contributed by atoms with E-state index in [0.29, 0.717) is 33.2 Å². The van der Waals surface area contributed by atoms with E-state index in [9.17, 15) is 9.59 Å². The van der Waals surface area contributed by atoms with Gasteiger partial charge in [-0.25, -0.2) is 19.6 Å². The van der Waals surface area contributed by atoms with E-state index < -0.39 is 0 Å². The third-order valence-electron chi connectivity index (χ3n) is 3.29. The van der Waals surface area contributed by atoms with Gasteiger partial charge >= 0.3 is 12.0 Å². The van der Waals surface area contributed by atoms with Crippen LogP contribution in [0.5, 0.6) is 10.8 Å². The topological polar surface area (TPSA) is 93.7 Å². The highest BCUT2D eigenvalue weighted by Crippen LogP contribution is 2.30. The molecule has 3 aromatic rings. The van der Waals surface area contributed by atoms with Crippen LogP contribution in [0.25, 0.3) is 0 Å². The standard InChI is InChI=1S/C17H16N4O4S2/c1-3-24-14(22)11-4-6-12(7-5-11)25-13-10-19-15(27-13)20-16(23)21(2)17-18-8-9-26-17/h4-10H,3H2,1-2H3,(H,19,20,23). The van der Waals surface area contributed by atoms with Gasteiger partial charge in [0.2, 0.25) is 5.06 Å². The Kier molecular flexibility index (Phi) is 5.99. The lowest BCUT2D eigenvalue weighted by atomic mass is 10.2. The average Bonchev–Trinajstić information content (AvgIpc) is 3.34. The van der Waals surface area contributed by atoms with Gasteiger partial charge in [0.15, 0.2) is 10.3 Å². The van der Waals surface area contributed by atoms with E-state index in [-0.39, 0.29) is 12.0 Å². The maximum absolute atomic E-state index is 12.2. The molecule has 27 heavy (non-hydrogen) atoms. The Morgan fingerprint density at radius 3 is 2.67 bits per heavy atom. The molecule has 2 heterocycles. The van der Waals surface area contributed by atoms with Crippen molar-refractivity contribution in [2.75, 3.05) is 23.9 Å². The minimum atomic E-state index is -0.379. The molecule has 0 saturated carbocycles. The summed E-state index contributed by atoms with van der Waals surface area (Å²) >= 11 is 2.55. The number of carbonyl (C=O) groups is 2. The summed E-state index contributed by atoms with van der Waals surface area (Å²) in [6.07, 6.45) is 3.15. The molecule has 0 fully saturated rings. The van der Waals surface area contributed by atoms with Crippen LogP contribution < -0.4 is 15.0 Å². The Morgan fingerprint density at radius 1 is 1.22 bits per heavy atom. The van der Waals surface area contributed by atoms with Crippen LogP contribution in [0.15, 0.2) is 42.0 Å². The van der Waals surface area contributed by atoms with Crippen LogP contribution in [-0.2, 0) is 4.74 Å². The SMILES string of the molecule is CCOC(=O)c1ccc(Oc2cnc(NC(=O)N(C)c3nccs3)s2)cc1. The molecule has 1 aromatic carbocycles. The second kappa shape index (κ2) is 8.60. The summed E-state index contributed by atoms with van der Waals surface area (Å²) in [5.41, 5.74) is 0.451. The molecule has 10 heteroatoms. The van der Waals surface area contributed by atoms with Crippen molar-refractivity contribution >= 4 is 44.9 Å². The molecule has 3 rings (SSSR count). The lowest BCUT2D eigenvalue weighted by molar-refractivity contribution is 0.0526. The van der Waals surface area contributed by atoms with Crippen LogP contribution in [0.3, 0.4) is 0 Å². The number of benzene rings is 1. The van der Waals surface area contributed by atoms with Crippen molar-refractivity contribution in [3.05, 3.63) is 47.6 Å². The van der Waals surface area contributed by atoms with E-state index in [1.54, 1.807) is 49.8 Å². The number of esters is 1. The number of ether oxygens (including phenoxy) is 2. The number of aromatic nitrogens is 2. The zero-order chi connectivity index (χ0) is 19.2. The van der Waals surface area contributed by atoms with E-state index in [1.807, 2.05) is 0 Å². The Hall–Kier alpha value is -2.98. The van der Waals surface area contributed by atoms with Gasteiger partial charge in [-0.15, -0.1) is 11.3 Å². The summed E-state index contributed by atoms with van der Waals surface area (Å²) in [6.45, 7) is 2.08. The Balaban J connectivity index is 1.59. The lowest BCUT2D eigenvalue weighted by Gasteiger charge is -2.12. The molecule has 0 spiro atoms. The van der Waals surface area contributed by atoms with E-state index in [0.717, 1.165) is 0 Å². The smallest absolute Gasteiger partial charge is 0.338 e. The van der Waals surface area contributed by atoms with Crippen LogP contribution in [-0.4, -0.2) is 35.6 Å². The Labute approximate surface area is 163 Å². The maximum atomic E-state index is 12.2. The van der Waals surface area contributed by atoms with Crippen LogP contribution >= 0.6 is 22.7 Å². The van der Waals surface area contributed by atoms with Crippen molar-refractivity contribution in [2.45, 2.75) is 6.92 Å². The van der Waals surface area contributed by atoms with Crippen molar-refractivity contribution in [3.63, 3.8) is 0 Å². The highest BCUT2D eigenvalue weighted by molar-refractivity contribution is 7.17. The molecule has 8 nitrogen and oxygen atoms in total. The molecule has 0 radical (unpaired) electrons. The van der Waals surface area contributed by atoms with E-state index in [1.165, 1.54) is 33.8 Å². The first kappa shape index (κ1) is 18.8. The van der Waals surface area contributed by atoms with Gasteiger partial charge in [-0.1, -0.05) is 11.3 Å². The van der Waals surface area contributed by atoms with E-state index in [2.05, 4.69) is 15.3 Å². The fourth-order valence-corrected chi connectivity index (χ4v) is 3.28. The summed E-state index contributed by atoms with van der Waals surface area (Å²) in [4.78, 5) is 33.5. The van der Waals surface area contributed by atoms with Gasteiger partial charge in [-0.05, 0) is 31.2 Å². The number of amides is 2. The van der Waals surface area contributed by atoms with Crippen molar-refractivity contribution < 1.29 is 19.1 Å². The van der Waals surface area contributed by atoms with E-state index in [4.69, 9.17) is 9.47 Å². The molecule has 140 valence electrons. The summed E-state index contributed by atoms with van der Waals surface area (Å²) in [6, 6.07) is 6.24. The molecule has 2 aromatic heterocycles. The molecule has 0 aliphatic rings. The molecular formula is C17H16N4O4S2. The minimum Gasteiger partial charge on any atom is -0.462 e. The fraction of sp³-hybridized carbons (Fsp3) is 0.176. The third-order valence-corrected chi connectivity index (χ3v) is 4.93. The first-order chi connectivity index (χ1) is 13.1. The van der Waals surface area contributed by atoms with Gasteiger partial charge in [0, 0.05) is 18.6 Å². The number of anilines is 2. The predicted molar refractivity (Wildman–Crippen MR) is 104 cm³/mol. The molecule has 0 saturated heterocycles. The van der Waals surface area contributed by atoms with E-state index >= 15 is 0 Å². The molecule has 0 aliphatic heterocycles. The van der Waals surface area contributed by atoms with Crippen LogP contribution in [0.4, 0.5) is 15.1 Å². The van der Waals surface area contributed by atoms with Gasteiger partial charge in [0.25, 0.3) is 0 Å². The molecule has 0 bridgehead atoms. The zero-order valence-corrected chi connectivity index (χ0v) is 16.2. The predicted octanol–water partition coefficient (Wildman–Crippen LogP) is 4.24. The summed E-state index contributed by atoms with van der Waals surface area (Å²) < 4.78 is 10.6. The quantitative estimate of drug-likeness (QED) is 0.618. The Bertz CT molecular complexity index is 909. The molecule has 2 amide bonds. The number of rotatable bonds is 6. The monoisotopic (exact) mass is 404 g/mol. The normalized spacial score (nSPS) is 10.3. The van der Waals surface area contributed by atoms with Crippen molar-refractivity contribution in [1.82, 2.24) is 9.97 Å². The number of hydrogen-bond donors (Lipinski definition) is 1. The third kappa shape index (κ3) is 4.80. The molecule has 1 N–H and O–H groups in total. The molecule has 0 aliphatic carbocycles. The van der Waals surface area contributed by atoms with Crippen molar-refractivity contribution in [3.8, 4) is 10.8 Å². The fourth-order valence-electron chi connectivity index (χ4n) is 2.00. The number of hydrogen-bond acceptors (Lipinski definition) is 8. The number of nitrogens with zero attached hydrogens (tertiary/aromatic N) is 3. The first-order valence-corrected chi connectivity index (χ1v) is 9.61. The number of nitrogens with one attached hydrogen (secondary N) is 1. The highest BCUT2D eigenvalue weighted by Gasteiger charge is 2.15. The van der Waals surface area contributed by atoms with Crippen molar-refractivity contribution in [1.29, 1.82) is 0 Å². The van der Waals surface area contributed by atoms with Crippen LogP contribution in [0.1, 0.15) is 17.3 Å². The summed E-state index contributed by atoms with van der Waals surface area (Å²) in [5, 5.41) is 5.98. The zero-order valence-electron chi connectivity index (χ0n) is 14.5. The summed E-state index contributed by atoms with van der Waals surface area (Å²) in [7, 11) is 1.63. The van der Waals surface area contributed by atoms with Gasteiger partial charge in [0.1, 0.15) is 5.75 Å².